The molecule has 0 bridgehead atoms. The highest BCUT2D eigenvalue weighted by Crippen LogP contribution is 2.47. The van der Waals surface area contributed by atoms with E-state index in [9.17, 15) is 14.3 Å². The maximum absolute atomic E-state index is 13.8. The van der Waals surface area contributed by atoms with Gasteiger partial charge in [0.25, 0.3) is 0 Å². The lowest BCUT2D eigenvalue weighted by molar-refractivity contribution is -0.157. The SMILES string of the molecule is COCC(C)(C)c1c(C2CO[C@@](C)(C(=O)O)C2)c2cc3[nH]ncc3cc2n1-c1ccc(F)cc1. The summed E-state index contributed by atoms with van der Waals surface area (Å²) >= 11 is 0. The Morgan fingerprint density at radius 1 is 1.35 bits per heavy atom. The topological polar surface area (TPSA) is 89.4 Å². The minimum absolute atomic E-state index is 0.142. The van der Waals surface area contributed by atoms with Gasteiger partial charge in [-0.25, -0.2) is 9.18 Å². The number of hydrogen-bond donors (Lipinski definition) is 2. The number of benzene rings is 2. The van der Waals surface area contributed by atoms with Crippen LogP contribution >= 0.6 is 0 Å². The smallest absolute Gasteiger partial charge is 0.335 e. The maximum Gasteiger partial charge on any atom is 0.335 e. The lowest BCUT2D eigenvalue weighted by atomic mass is 9.81. The van der Waals surface area contributed by atoms with Gasteiger partial charge in [-0.05, 0) is 55.3 Å². The van der Waals surface area contributed by atoms with E-state index in [0.717, 1.165) is 38.8 Å². The van der Waals surface area contributed by atoms with E-state index in [2.05, 4.69) is 40.7 Å². The summed E-state index contributed by atoms with van der Waals surface area (Å²) in [4.78, 5) is 11.9. The van der Waals surface area contributed by atoms with E-state index in [1.54, 1.807) is 32.4 Å². The van der Waals surface area contributed by atoms with Gasteiger partial charge in [0.1, 0.15) is 5.82 Å². The number of hydrogen-bond acceptors (Lipinski definition) is 4. The van der Waals surface area contributed by atoms with Crippen molar-refractivity contribution in [3.8, 4) is 5.69 Å². The van der Waals surface area contributed by atoms with Crippen LogP contribution in [0.25, 0.3) is 27.5 Å². The van der Waals surface area contributed by atoms with Gasteiger partial charge in [0, 0.05) is 40.6 Å². The molecule has 0 saturated carbocycles. The van der Waals surface area contributed by atoms with Gasteiger partial charge < -0.3 is 19.1 Å². The van der Waals surface area contributed by atoms with Crippen LogP contribution in [-0.4, -0.2) is 51.8 Å². The van der Waals surface area contributed by atoms with Crippen LogP contribution in [0, 0.1) is 5.82 Å². The summed E-state index contributed by atoms with van der Waals surface area (Å²) in [5.41, 5.74) is 2.99. The molecule has 5 rings (SSSR count). The standard InChI is InChI=1S/C26H28FN3O4/c1-25(2,14-33-4)23-22(16-11-26(3,24(31)32)34-13-16)19-10-20-15(12-28-29-20)9-21(19)30(23)18-7-5-17(27)6-8-18/h5-10,12,16H,11,13-14H2,1-4H3,(H,28,29)(H,31,32)/t16?,26-/m1/s1. The summed E-state index contributed by atoms with van der Waals surface area (Å²) in [7, 11) is 1.67. The van der Waals surface area contributed by atoms with Crippen molar-refractivity contribution < 1.29 is 23.8 Å². The maximum atomic E-state index is 13.8. The predicted octanol–water partition coefficient (Wildman–Crippen LogP) is 4.92. The Bertz CT molecular complexity index is 1390. The molecule has 7 nitrogen and oxygen atoms in total. The molecule has 1 fully saturated rings. The Hall–Kier alpha value is -3.23. The van der Waals surface area contributed by atoms with Crippen LogP contribution < -0.4 is 0 Å². The van der Waals surface area contributed by atoms with Crippen LogP contribution in [0.2, 0.25) is 0 Å². The second-order valence-electron chi connectivity index (χ2n) is 9.97. The number of rotatable bonds is 6. The second-order valence-corrected chi connectivity index (χ2v) is 9.97. The first kappa shape index (κ1) is 22.6. The molecule has 0 spiro atoms. The second kappa shape index (κ2) is 7.92. The number of nitrogens with one attached hydrogen (secondary N) is 1. The number of carbonyl (C=O) groups is 1. The third kappa shape index (κ3) is 3.49. The van der Waals surface area contributed by atoms with Gasteiger partial charge in [-0.2, -0.15) is 5.10 Å². The van der Waals surface area contributed by atoms with Crippen molar-refractivity contribution >= 4 is 27.8 Å². The summed E-state index contributed by atoms with van der Waals surface area (Å²) < 4.78 is 27.4. The Balaban J connectivity index is 1.87. The van der Waals surface area contributed by atoms with Crippen LogP contribution in [0.15, 0.2) is 42.6 Å². The van der Waals surface area contributed by atoms with E-state index in [-0.39, 0.29) is 11.7 Å². The lowest BCUT2D eigenvalue weighted by Crippen LogP contribution is -2.34. The number of nitrogens with zero attached hydrogens (tertiary/aromatic N) is 2. The first-order valence-electron chi connectivity index (χ1n) is 11.3. The molecule has 2 N–H and O–H groups in total. The minimum Gasteiger partial charge on any atom is -0.479 e. The lowest BCUT2D eigenvalue weighted by Gasteiger charge is -2.29. The van der Waals surface area contributed by atoms with Crippen molar-refractivity contribution in [3.05, 3.63) is 59.7 Å². The molecule has 1 aliphatic heterocycles. The first-order valence-corrected chi connectivity index (χ1v) is 11.3. The Morgan fingerprint density at radius 2 is 2.09 bits per heavy atom. The number of fused-ring (bicyclic) bond motifs is 2. The monoisotopic (exact) mass is 465 g/mol. The fourth-order valence-corrected chi connectivity index (χ4v) is 5.32. The normalized spacial score (nSPS) is 21.0. The van der Waals surface area contributed by atoms with Crippen LogP contribution in [-0.2, 0) is 19.7 Å². The first-order chi connectivity index (χ1) is 16.1. The van der Waals surface area contributed by atoms with Gasteiger partial charge in [0.05, 0.1) is 30.4 Å². The zero-order valence-electron chi connectivity index (χ0n) is 19.7. The summed E-state index contributed by atoms with van der Waals surface area (Å²) in [5, 5.41) is 19.0. The minimum atomic E-state index is -1.25. The van der Waals surface area contributed by atoms with Crippen molar-refractivity contribution in [1.82, 2.24) is 14.8 Å². The highest BCUT2D eigenvalue weighted by atomic mass is 19.1. The molecule has 3 heterocycles. The summed E-state index contributed by atoms with van der Waals surface area (Å²) in [6.45, 7) is 6.58. The Morgan fingerprint density at radius 3 is 2.74 bits per heavy atom. The number of aromatic nitrogens is 3. The molecule has 178 valence electrons. The van der Waals surface area contributed by atoms with Crippen molar-refractivity contribution in [2.45, 2.75) is 44.1 Å². The third-order valence-corrected chi connectivity index (χ3v) is 6.90. The van der Waals surface area contributed by atoms with Gasteiger partial charge in [-0.1, -0.05) is 13.8 Å². The summed E-state index contributed by atoms with van der Waals surface area (Å²) in [5.74, 6) is -1.42. The van der Waals surface area contributed by atoms with Gasteiger partial charge in [0.15, 0.2) is 5.60 Å². The predicted molar refractivity (Wildman–Crippen MR) is 127 cm³/mol. The fourth-order valence-electron chi connectivity index (χ4n) is 5.32. The quantitative estimate of drug-likeness (QED) is 0.422. The highest BCUT2D eigenvalue weighted by Gasteiger charge is 2.46. The van der Waals surface area contributed by atoms with E-state index < -0.39 is 17.0 Å². The van der Waals surface area contributed by atoms with E-state index in [4.69, 9.17) is 9.47 Å². The van der Waals surface area contributed by atoms with E-state index in [1.807, 2.05) is 0 Å². The van der Waals surface area contributed by atoms with Gasteiger partial charge >= 0.3 is 5.97 Å². The number of H-pyrrole nitrogens is 1. The van der Waals surface area contributed by atoms with Crippen molar-refractivity contribution in [2.24, 2.45) is 0 Å². The zero-order chi connectivity index (χ0) is 24.3. The number of ether oxygens (including phenoxy) is 2. The molecule has 2 aromatic heterocycles. The number of carboxylic acids is 1. The number of aliphatic carboxylic acids is 1. The number of methoxy groups -OCH3 is 1. The molecule has 2 aromatic carbocycles. The fraction of sp³-hybridized carbons (Fsp3) is 0.385. The van der Waals surface area contributed by atoms with E-state index in [0.29, 0.717) is 19.6 Å². The van der Waals surface area contributed by atoms with Gasteiger partial charge in [-0.3, -0.25) is 5.10 Å². The Labute approximate surface area is 196 Å². The van der Waals surface area contributed by atoms with Crippen LogP contribution in [0.5, 0.6) is 0 Å². The molecule has 0 amide bonds. The van der Waals surface area contributed by atoms with Crippen LogP contribution in [0.4, 0.5) is 4.39 Å². The zero-order valence-corrected chi connectivity index (χ0v) is 19.7. The van der Waals surface area contributed by atoms with E-state index in [1.165, 1.54) is 12.1 Å². The average Bonchev–Trinajstić information content (AvgIpc) is 3.48. The van der Waals surface area contributed by atoms with Gasteiger partial charge in [0.2, 0.25) is 0 Å². The molecule has 34 heavy (non-hydrogen) atoms. The molecule has 1 aliphatic rings. The van der Waals surface area contributed by atoms with Gasteiger partial charge in [-0.15, -0.1) is 0 Å². The molecular formula is C26H28FN3O4. The largest absolute Gasteiger partial charge is 0.479 e. The van der Waals surface area contributed by atoms with Crippen LogP contribution in [0.1, 0.15) is 44.4 Å². The third-order valence-electron chi connectivity index (χ3n) is 6.90. The van der Waals surface area contributed by atoms with Crippen molar-refractivity contribution in [3.63, 3.8) is 0 Å². The molecule has 1 unspecified atom stereocenters. The molecule has 0 radical (unpaired) electrons. The van der Waals surface area contributed by atoms with E-state index >= 15 is 0 Å². The molecule has 1 saturated heterocycles. The molecule has 0 aliphatic carbocycles. The molecule has 4 aromatic rings. The number of aromatic amines is 1. The van der Waals surface area contributed by atoms with Crippen LogP contribution in [0.3, 0.4) is 0 Å². The average molecular weight is 466 g/mol. The number of halogens is 1. The molecule has 2 atom stereocenters. The molecule has 8 heteroatoms. The summed E-state index contributed by atoms with van der Waals surface area (Å²) in [6, 6.07) is 10.6. The highest BCUT2D eigenvalue weighted by molar-refractivity contribution is 5.99. The number of carboxylic acid groups (broad SMARTS) is 1. The summed E-state index contributed by atoms with van der Waals surface area (Å²) in [6.07, 6.45) is 2.12. The Kier molecular flexibility index (Phi) is 5.26. The van der Waals surface area contributed by atoms with Crippen molar-refractivity contribution in [2.75, 3.05) is 20.3 Å². The van der Waals surface area contributed by atoms with Crippen molar-refractivity contribution in [1.29, 1.82) is 0 Å². The molecular weight excluding hydrogens is 437 g/mol.